The highest BCUT2D eigenvalue weighted by atomic mass is 19.4. The summed E-state index contributed by atoms with van der Waals surface area (Å²) >= 11 is 0. The largest absolute Gasteiger partial charge is 0.418 e. The molecule has 1 aromatic rings. The maximum Gasteiger partial charge on any atom is 0.418 e. The van der Waals surface area contributed by atoms with Crippen molar-refractivity contribution in [3.8, 4) is 0 Å². The van der Waals surface area contributed by atoms with E-state index < -0.39 is 11.7 Å². The average molecular weight is 231 g/mol. The van der Waals surface area contributed by atoms with Crippen molar-refractivity contribution in [2.75, 3.05) is 5.32 Å². The molecule has 0 saturated heterocycles. The van der Waals surface area contributed by atoms with Crippen LogP contribution in [-0.2, 0) is 6.18 Å². The van der Waals surface area contributed by atoms with E-state index in [1.54, 1.807) is 6.07 Å². The van der Waals surface area contributed by atoms with Gasteiger partial charge in [-0.15, -0.1) is 0 Å². The van der Waals surface area contributed by atoms with E-state index in [0.717, 1.165) is 6.07 Å². The first-order valence-electron chi connectivity index (χ1n) is 5.25. The van der Waals surface area contributed by atoms with Gasteiger partial charge in [0.05, 0.1) is 5.56 Å². The van der Waals surface area contributed by atoms with Crippen molar-refractivity contribution >= 4 is 5.69 Å². The first kappa shape index (κ1) is 12.9. The van der Waals surface area contributed by atoms with Gasteiger partial charge in [0.25, 0.3) is 0 Å². The highest BCUT2D eigenvalue weighted by Crippen LogP contribution is 2.35. The lowest BCUT2D eigenvalue weighted by atomic mass is 10.0. The van der Waals surface area contributed by atoms with Crippen molar-refractivity contribution in [2.24, 2.45) is 5.92 Å². The molecule has 0 aliphatic carbocycles. The normalized spacial score (nSPS) is 13.9. The summed E-state index contributed by atoms with van der Waals surface area (Å²) in [5, 5.41) is 2.90. The van der Waals surface area contributed by atoms with Crippen LogP contribution in [0.1, 0.15) is 26.3 Å². The van der Waals surface area contributed by atoms with Crippen molar-refractivity contribution in [3.05, 3.63) is 29.8 Å². The monoisotopic (exact) mass is 231 g/mol. The summed E-state index contributed by atoms with van der Waals surface area (Å²) in [6.45, 7) is 5.81. The molecule has 1 aromatic carbocycles. The molecule has 1 rings (SSSR count). The van der Waals surface area contributed by atoms with Crippen LogP contribution in [0.25, 0.3) is 0 Å². The smallest absolute Gasteiger partial charge is 0.382 e. The Morgan fingerprint density at radius 3 is 2.12 bits per heavy atom. The fraction of sp³-hybridized carbons (Fsp3) is 0.500. The number of nitrogens with one attached hydrogen (secondary N) is 1. The third kappa shape index (κ3) is 3.15. The maximum absolute atomic E-state index is 12.7. The van der Waals surface area contributed by atoms with Crippen LogP contribution in [0, 0.1) is 5.92 Å². The lowest BCUT2D eigenvalue weighted by molar-refractivity contribution is -0.137. The second-order valence-corrected chi connectivity index (χ2v) is 4.22. The number of hydrogen-bond donors (Lipinski definition) is 1. The third-order valence-corrected chi connectivity index (χ3v) is 2.62. The third-order valence-electron chi connectivity index (χ3n) is 2.62. The molecule has 1 unspecified atom stereocenters. The topological polar surface area (TPSA) is 12.0 Å². The summed E-state index contributed by atoms with van der Waals surface area (Å²) < 4.78 is 38.0. The fourth-order valence-electron chi connectivity index (χ4n) is 1.27. The Hall–Kier alpha value is -1.19. The summed E-state index contributed by atoms with van der Waals surface area (Å²) in [7, 11) is 0. The van der Waals surface area contributed by atoms with Gasteiger partial charge < -0.3 is 5.32 Å². The van der Waals surface area contributed by atoms with Gasteiger partial charge in [-0.1, -0.05) is 26.0 Å². The van der Waals surface area contributed by atoms with E-state index in [1.807, 2.05) is 20.8 Å². The predicted molar refractivity (Wildman–Crippen MR) is 59.4 cm³/mol. The van der Waals surface area contributed by atoms with Crippen LogP contribution in [-0.4, -0.2) is 6.04 Å². The summed E-state index contributed by atoms with van der Waals surface area (Å²) in [5.74, 6) is 0.279. The fourth-order valence-corrected chi connectivity index (χ4v) is 1.27. The molecular formula is C12H16F3N. The van der Waals surface area contributed by atoms with Crippen molar-refractivity contribution in [1.82, 2.24) is 0 Å². The first-order chi connectivity index (χ1) is 7.32. The summed E-state index contributed by atoms with van der Waals surface area (Å²) in [4.78, 5) is 0. The second kappa shape index (κ2) is 4.76. The molecule has 0 heterocycles. The number of para-hydroxylation sites is 1. The Morgan fingerprint density at radius 2 is 1.62 bits per heavy atom. The molecule has 0 spiro atoms. The van der Waals surface area contributed by atoms with Crippen LogP contribution in [0.5, 0.6) is 0 Å². The molecule has 0 aliphatic heterocycles. The minimum absolute atomic E-state index is 0.00324. The number of hydrogen-bond acceptors (Lipinski definition) is 1. The quantitative estimate of drug-likeness (QED) is 0.823. The zero-order chi connectivity index (χ0) is 12.3. The maximum atomic E-state index is 12.7. The number of alkyl halides is 3. The van der Waals surface area contributed by atoms with Gasteiger partial charge in [0.15, 0.2) is 0 Å². The van der Waals surface area contributed by atoms with E-state index in [0.29, 0.717) is 0 Å². The number of halogens is 3. The van der Waals surface area contributed by atoms with Gasteiger partial charge in [-0.2, -0.15) is 13.2 Å². The second-order valence-electron chi connectivity index (χ2n) is 4.22. The van der Waals surface area contributed by atoms with Crippen molar-refractivity contribution in [1.29, 1.82) is 0 Å². The number of anilines is 1. The average Bonchev–Trinajstić information content (AvgIpc) is 2.16. The van der Waals surface area contributed by atoms with Gasteiger partial charge >= 0.3 is 6.18 Å². The molecule has 1 nitrogen and oxygen atoms in total. The van der Waals surface area contributed by atoms with E-state index in [9.17, 15) is 13.2 Å². The summed E-state index contributed by atoms with van der Waals surface area (Å²) in [6, 6.07) is 5.55. The van der Waals surface area contributed by atoms with Crippen molar-refractivity contribution in [2.45, 2.75) is 33.0 Å². The molecule has 16 heavy (non-hydrogen) atoms. The lowest BCUT2D eigenvalue weighted by Crippen LogP contribution is -2.23. The Balaban J connectivity index is 2.96. The Morgan fingerprint density at radius 1 is 1.06 bits per heavy atom. The Kier molecular flexibility index (Phi) is 3.83. The van der Waals surface area contributed by atoms with Gasteiger partial charge in [-0.25, -0.2) is 0 Å². The van der Waals surface area contributed by atoms with Gasteiger partial charge in [-0.05, 0) is 25.0 Å². The van der Waals surface area contributed by atoms with Gasteiger partial charge in [-0.3, -0.25) is 0 Å². The zero-order valence-corrected chi connectivity index (χ0v) is 9.60. The van der Waals surface area contributed by atoms with E-state index in [4.69, 9.17) is 0 Å². The van der Waals surface area contributed by atoms with Crippen molar-refractivity contribution < 1.29 is 13.2 Å². The molecular weight excluding hydrogens is 215 g/mol. The van der Waals surface area contributed by atoms with Crippen LogP contribution < -0.4 is 5.32 Å². The lowest BCUT2D eigenvalue weighted by Gasteiger charge is -2.21. The van der Waals surface area contributed by atoms with Crippen LogP contribution >= 0.6 is 0 Å². The van der Waals surface area contributed by atoms with E-state index in [1.165, 1.54) is 12.1 Å². The molecule has 0 fully saturated rings. The standard InChI is InChI=1S/C12H16F3N/c1-8(2)9(3)16-11-7-5-4-6-10(11)12(13,14)15/h4-9,16H,1-3H3. The SMILES string of the molecule is CC(C)C(C)Nc1ccccc1C(F)(F)F. The zero-order valence-electron chi connectivity index (χ0n) is 9.60. The minimum atomic E-state index is -4.31. The summed E-state index contributed by atoms with van der Waals surface area (Å²) in [5.41, 5.74) is -0.460. The molecule has 0 saturated carbocycles. The van der Waals surface area contributed by atoms with Gasteiger partial charge in [0.1, 0.15) is 0 Å². The van der Waals surface area contributed by atoms with Gasteiger partial charge in [0.2, 0.25) is 0 Å². The molecule has 0 aromatic heterocycles. The highest BCUT2D eigenvalue weighted by molar-refractivity contribution is 5.53. The number of benzene rings is 1. The summed E-state index contributed by atoms with van der Waals surface area (Å²) in [6.07, 6.45) is -4.31. The van der Waals surface area contributed by atoms with Gasteiger partial charge in [0, 0.05) is 11.7 Å². The minimum Gasteiger partial charge on any atom is -0.382 e. The predicted octanol–water partition coefficient (Wildman–Crippen LogP) is 4.16. The van der Waals surface area contributed by atoms with E-state index in [-0.39, 0.29) is 17.6 Å². The molecule has 0 bridgehead atoms. The molecule has 1 N–H and O–H groups in total. The Bertz CT molecular complexity index is 344. The molecule has 1 atom stereocenters. The van der Waals surface area contributed by atoms with E-state index in [2.05, 4.69) is 5.32 Å². The van der Waals surface area contributed by atoms with Crippen LogP contribution in [0.4, 0.5) is 18.9 Å². The number of rotatable bonds is 3. The van der Waals surface area contributed by atoms with Crippen LogP contribution in [0.3, 0.4) is 0 Å². The van der Waals surface area contributed by atoms with E-state index >= 15 is 0 Å². The Labute approximate surface area is 93.7 Å². The highest BCUT2D eigenvalue weighted by Gasteiger charge is 2.33. The van der Waals surface area contributed by atoms with Crippen LogP contribution in [0.15, 0.2) is 24.3 Å². The van der Waals surface area contributed by atoms with Crippen LogP contribution in [0.2, 0.25) is 0 Å². The molecule has 4 heteroatoms. The first-order valence-corrected chi connectivity index (χ1v) is 5.25. The van der Waals surface area contributed by atoms with Crippen molar-refractivity contribution in [3.63, 3.8) is 0 Å². The molecule has 0 aliphatic rings. The molecule has 0 amide bonds. The molecule has 0 radical (unpaired) electrons. The molecule has 90 valence electrons.